The molecule has 2 N–H and O–H groups in total. The van der Waals surface area contributed by atoms with Gasteiger partial charge in [0.25, 0.3) is 0 Å². The fourth-order valence-electron chi connectivity index (χ4n) is 3.51. The molecule has 29 heavy (non-hydrogen) atoms. The Morgan fingerprint density at radius 1 is 1.17 bits per heavy atom. The average molecular weight is 403 g/mol. The van der Waals surface area contributed by atoms with Crippen LogP contribution >= 0.6 is 0 Å². The van der Waals surface area contributed by atoms with Gasteiger partial charge in [-0.1, -0.05) is 12.5 Å². The van der Waals surface area contributed by atoms with Crippen molar-refractivity contribution in [1.29, 1.82) is 0 Å². The lowest BCUT2D eigenvalue weighted by Crippen LogP contribution is -2.39. The van der Waals surface area contributed by atoms with E-state index in [2.05, 4.69) is 58.4 Å². The summed E-state index contributed by atoms with van der Waals surface area (Å²) in [5.41, 5.74) is 1.09. The number of guanidine groups is 1. The highest BCUT2D eigenvalue weighted by Gasteiger charge is 2.15. The van der Waals surface area contributed by atoms with Crippen LogP contribution in [-0.4, -0.2) is 61.0 Å². The minimum atomic E-state index is 0.309. The van der Waals surface area contributed by atoms with Crippen molar-refractivity contribution in [2.24, 2.45) is 4.99 Å². The highest BCUT2D eigenvalue weighted by Crippen LogP contribution is 2.12. The predicted molar refractivity (Wildman–Crippen MR) is 120 cm³/mol. The number of hydrogen-bond acceptors (Lipinski definition) is 4. The number of aliphatic imine (C=N–C) groups is 1. The van der Waals surface area contributed by atoms with E-state index in [1.807, 2.05) is 11.1 Å². The van der Waals surface area contributed by atoms with Gasteiger partial charge in [-0.05, 0) is 51.7 Å². The van der Waals surface area contributed by atoms with Gasteiger partial charge in [-0.2, -0.15) is 0 Å². The lowest BCUT2D eigenvalue weighted by atomic mass is 10.2. The number of hydrogen-bond donors (Lipinski definition) is 2. The molecule has 1 aliphatic heterocycles. The van der Waals surface area contributed by atoms with Crippen molar-refractivity contribution in [3.8, 4) is 0 Å². The molecule has 1 aromatic rings. The molecule has 0 aliphatic carbocycles. The second kappa shape index (κ2) is 13.0. The number of likely N-dealkylation sites (tertiary alicyclic amines) is 1. The molecule has 1 amide bonds. The normalized spacial score (nSPS) is 15.2. The van der Waals surface area contributed by atoms with E-state index in [1.165, 1.54) is 6.42 Å². The molecular weight excluding hydrogens is 364 g/mol. The summed E-state index contributed by atoms with van der Waals surface area (Å²) in [5.74, 6) is 2.13. The van der Waals surface area contributed by atoms with Gasteiger partial charge in [-0.15, -0.1) is 0 Å². The summed E-state index contributed by atoms with van der Waals surface area (Å²) in [4.78, 5) is 25.6. The number of aromatic nitrogens is 1. The minimum absolute atomic E-state index is 0.309. The van der Waals surface area contributed by atoms with Gasteiger partial charge in [0, 0.05) is 51.9 Å². The van der Waals surface area contributed by atoms with E-state index < -0.39 is 0 Å². The van der Waals surface area contributed by atoms with Crippen LogP contribution in [0.2, 0.25) is 0 Å². The summed E-state index contributed by atoms with van der Waals surface area (Å²) in [6.45, 7) is 12.2. The van der Waals surface area contributed by atoms with E-state index in [-0.39, 0.29) is 0 Å². The van der Waals surface area contributed by atoms with E-state index in [9.17, 15) is 4.79 Å². The molecule has 1 aromatic heterocycles. The first kappa shape index (κ1) is 23.0. The van der Waals surface area contributed by atoms with Crippen LogP contribution in [0.3, 0.4) is 0 Å². The van der Waals surface area contributed by atoms with Gasteiger partial charge in [0.2, 0.25) is 5.91 Å². The molecule has 7 nitrogen and oxygen atoms in total. The Balaban J connectivity index is 1.80. The average Bonchev–Trinajstić information content (AvgIpc) is 2.95. The Morgan fingerprint density at radius 2 is 2.00 bits per heavy atom. The Labute approximate surface area is 176 Å². The molecule has 0 bridgehead atoms. The van der Waals surface area contributed by atoms with Crippen molar-refractivity contribution < 1.29 is 4.79 Å². The number of nitrogens with one attached hydrogen (secondary N) is 2. The zero-order chi connectivity index (χ0) is 20.9. The van der Waals surface area contributed by atoms with Crippen molar-refractivity contribution in [2.75, 3.05) is 44.2 Å². The first-order valence-electron chi connectivity index (χ1n) is 11.2. The zero-order valence-electron chi connectivity index (χ0n) is 18.4. The molecule has 1 saturated heterocycles. The predicted octanol–water partition coefficient (Wildman–Crippen LogP) is 2.78. The monoisotopic (exact) mass is 402 g/mol. The van der Waals surface area contributed by atoms with Crippen molar-refractivity contribution >= 4 is 17.7 Å². The maximum atomic E-state index is 12.1. The van der Waals surface area contributed by atoms with Crippen LogP contribution in [0.1, 0.15) is 58.4 Å². The molecule has 0 saturated carbocycles. The standard InChI is InChI=1S/C22H38N6O/c1-4-23-22(24-14-10-16-28-15-9-7-8-11-21(28)29)26-18-19-12-13-20(25-17-19)27(5-2)6-3/h12-13,17H,4-11,14-16,18H2,1-3H3,(H2,23,24,26). The van der Waals surface area contributed by atoms with Crippen LogP contribution in [0, 0.1) is 0 Å². The smallest absolute Gasteiger partial charge is 0.222 e. The van der Waals surface area contributed by atoms with E-state index in [4.69, 9.17) is 0 Å². The van der Waals surface area contributed by atoms with Crippen LogP contribution in [-0.2, 0) is 11.3 Å². The van der Waals surface area contributed by atoms with Crippen LogP contribution < -0.4 is 15.5 Å². The zero-order valence-corrected chi connectivity index (χ0v) is 18.4. The number of carbonyl (C=O) groups is 1. The second-order valence-corrected chi connectivity index (χ2v) is 7.36. The van der Waals surface area contributed by atoms with E-state index >= 15 is 0 Å². The van der Waals surface area contributed by atoms with Crippen LogP contribution in [0.25, 0.3) is 0 Å². The fraction of sp³-hybridized carbons (Fsp3) is 0.682. The van der Waals surface area contributed by atoms with Crippen LogP contribution in [0.15, 0.2) is 23.3 Å². The minimum Gasteiger partial charge on any atom is -0.357 e. The van der Waals surface area contributed by atoms with Crippen molar-refractivity contribution in [3.63, 3.8) is 0 Å². The third-order valence-corrected chi connectivity index (χ3v) is 5.23. The second-order valence-electron chi connectivity index (χ2n) is 7.36. The van der Waals surface area contributed by atoms with Crippen molar-refractivity contribution in [2.45, 2.75) is 59.4 Å². The first-order valence-corrected chi connectivity index (χ1v) is 11.2. The molecular formula is C22H38N6O. The maximum absolute atomic E-state index is 12.1. The summed E-state index contributed by atoms with van der Waals surface area (Å²) in [6, 6.07) is 4.16. The summed E-state index contributed by atoms with van der Waals surface area (Å²) >= 11 is 0. The fourth-order valence-corrected chi connectivity index (χ4v) is 3.51. The molecule has 0 spiro atoms. The van der Waals surface area contributed by atoms with Gasteiger partial charge in [0.05, 0.1) is 6.54 Å². The number of rotatable bonds is 10. The van der Waals surface area contributed by atoms with Gasteiger partial charge in [0.15, 0.2) is 5.96 Å². The molecule has 0 unspecified atom stereocenters. The van der Waals surface area contributed by atoms with Gasteiger partial charge in [-0.25, -0.2) is 9.98 Å². The van der Waals surface area contributed by atoms with E-state index in [0.29, 0.717) is 18.9 Å². The highest BCUT2D eigenvalue weighted by molar-refractivity contribution is 5.79. The summed E-state index contributed by atoms with van der Waals surface area (Å²) in [6.07, 6.45) is 6.88. The number of carbonyl (C=O) groups excluding carboxylic acids is 1. The summed E-state index contributed by atoms with van der Waals surface area (Å²) in [5, 5.41) is 6.67. The third-order valence-electron chi connectivity index (χ3n) is 5.23. The number of nitrogens with zero attached hydrogens (tertiary/aromatic N) is 4. The van der Waals surface area contributed by atoms with Gasteiger partial charge in [-0.3, -0.25) is 4.79 Å². The summed E-state index contributed by atoms with van der Waals surface area (Å²) in [7, 11) is 0. The molecule has 1 fully saturated rings. The topological polar surface area (TPSA) is 72.9 Å². The highest BCUT2D eigenvalue weighted by atomic mass is 16.2. The lowest BCUT2D eigenvalue weighted by Gasteiger charge is -2.21. The number of pyridine rings is 1. The summed E-state index contributed by atoms with van der Waals surface area (Å²) < 4.78 is 0. The number of amides is 1. The Morgan fingerprint density at radius 3 is 2.69 bits per heavy atom. The van der Waals surface area contributed by atoms with Gasteiger partial charge >= 0.3 is 0 Å². The SMILES string of the molecule is CCNC(=NCc1ccc(N(CC)CC)nc1)NCCCN1CCCCCC1=O. The Bertz CT molecular complexity index is 627. The van der Waals surface area contributed by atoms with E-state index in [0.717, 1.165) is 75.9 Å². The molecule has 7 heteroatoms. The maximum Gasteiger partial charge on any atom is 0.222 e. The largest absolute Gasteiger partial charge is 0.357 e. The lowest BCUT2D eigenvalue weighted by molar-refractivity contribution is -0.130. The van der Waals surface area contributed by atoms with Crippen molar-refractivity contribution in [3.05, 3.63) is 23.9 Å². The quantitative estimate of drug-likeness (QED) is 0.358. The van der Waals surface area contributed by atoms with Crippen LogP contribution in [0.5, 0.6) is 0 Å². The Kier molecular flexibility index (Phi) is 10.3. The molecule has 2 heterocycles. The van der Waals surface area contributed by atoms with Gasteiger partial charge in [0.1, 0.15) is 5.82 Å². The third kappa shape index (κ3) is 7.91. The van der Waals surface area contributed by atoms with Crippen LogP contribution in [0.4, 0.5) is 5.82 Å². The molecule has 0 aromatic carbocycles. The number of anilines is 1. The molecule has 0 radical (unpaired) electrons. The first-order chi connectivity index (χ1) is 14.2. The van der Waals surface area contributed by atoms with E-state index in [1.54, 1.807) is 0 Å². The van der Waals surface area contributed by atoms with Gasteiger partial charge < -0.3 is 20.4 Å². The molecule has 2 rings (SSSR count). The molecule has 162 valence electrons. The molecule has 1 aliphatic rings. The van der Waals surface area contributed by atoms with Crippen molar-refractivity contribution in [1.82, 2.24) is 20.5 Å². The molecule has 0 atom stereocenters. The Hall–Kier alpha value is -2.31.